The van der Waals surface area contributed by atoms with E-state index in [-0.39, 0.29) is 11.9 Å². The van der Waals surface area contributed by atoms with Crippen molar-refractivity contribution < 1.29 is 4.79 Å². The molecule has 1 aliphatic carbocycles. The molecule has 1 aliphatic rings. The van der Waals surface area contributed by atoms with E-state index < -0.39 is 0 Å². The number of carbonyl (C=O) groups excluding carboxylic acids is 1. The second kappa shape index (κ2) is 6.11. The van der Waals surface area contributed by atoms with Gasteiger partial charge in [0.2, 0.25) is 5.91 Å². The number of rotatable bonds is 7. The molecule has 1 fully saturated rings. The highest BCUT2D eigenvalue weighted by molar-refractivity contribution is 5.76. The zero-order chi connectivity index (χ0) is 11.3. The molecule has 0 radical (unpaired) electrons. The van der Waals surface area contributed by atoms with E-state index in [0.29, 0.717) is 12.5 Å². The molecule has 2 N–H and O–H groups in total. The van der Waals surface area contributed by atoms with E-state index in [4.69, 9.17) is 0 Å². The summed E-state index contributed by atoms with van der Waals surface area (Å²) in [6.45, 7) is 6.98. The first-order valence-electron chi connectivity index (χ1n) is 6.10. The maximum Gasteiger partial charge on any atom is 0.221 e. The minimum Gasteiger partial charge on any atom is -0.354 e. The van der Waals surface area contributed by atoms with Gasteiger partial charge in [-0.3, -0.25) is 4.79 Å². The van der Waals surface area contributed by atoms with Gasteiger partial charge in [0.25, 0.3) is 0 Å². The van der Waals surface area contributed by atoms with E-state index in [0.717, 1.165) is 12.5 Å². The third-order valence-electron chi connectivity index (χ3n) is 2.68. The molecule has 1 atom stereocenters. The molecular weight excluding hydrogens is 188 g/mol. The van der Waals surface area contributed by atoms with Crippen LogP contribution in [0.1, 0.15) is 46.5 Å². The average Bonchev–Trinajstić information content (AvgIpc) is 2.86. The Kier molecular flexibility index (Phi) is 5.09. The van der Waals surface area contributed by atoms with E-state index in [2.05, 4.69) is 17.6 Å². The molecule has 0 heterocycles. The Bertz CT molecular complexity index is 200. The van der Waals surface area contributed by atoms with E-state index in [1.54, 1.807) is 0 Å². The van der Waals surface area contributed by atoms with Crippen LogP contribution in [-0.2, 0) is 4.79 Å². The van der Waals surface area contributed by atoms with Crippen LogP contribution < -0.4 is 10.6 Å². The van der Waals surface area contributed by atoms with Crippen molar-refractivity contribution in [1.82, 2.24) is 10.6 Å². The first-order chi connectivity index (χ1) is 7.08. The van der Waals surface area contributed by atoms with E-state index in [9.17, 15) is 4.79 Å². The number of amides is 1. The zero-order valence-electron chi connectivity index (χ0n) is 10.2. The Labute approximate surface area is 93.0 Å². The first-order valence-corrected chi connectivity index (χ1v) is 6.10. The molecule has 0 aromatic carbocycles. The monoisotopic (exact) mass is 212 g/mol. The largest absolute Gasteiger partial charge is 0.354 e. The molecule has 15 heavy (non-hydrogen) atoms. The maximum absolute atomic E-state index is 11.3. The summed E-state index contributed by atoms with van der Waals surface area (Å²) in [5, 5.41) is 6.29. The second-order valence-electron chi connectivity index (χ2n) is 5.01. The number of nitrogens with one attached hydrogen (secondary N) is 2. The fourth-order valence-electron chi connectivity index (χ4n) is 1.76. The molecule has 1 amide bonds. The van der Waals surface area contributed by atoms with Gasteiger partial charge in [-0.2, -0.15) is 0 Å². The molecule has 1 unspecified atom stereocenters. The molecule has 88 valence electrons. The summed E-state index contributed by atoms with van der Waals surface area (Å²) in [6, 6.07) is 0.811. The number of carbonyl (C=O) groups is 1. The van der Waals surface area contributed by atoms with Crippen LogP contribution in [0.2, 0.25) is 0 Å². The lowest BCUT2D eigenvalue weighted by molar-refractivity contribution is -0.121. The Balaban J connectivity index is 1.96. The molecule has 0 bridgehead atoms. The zero-order valence-corrected chi connectivity index (χ0v) is 10.2. The lowest BCUT2D eigenvalue weighted by Gasteiger charge is -2.13. The van der Waals surface area contributed by atoms with Gasteiger partial charge in [0, 0.05) is 25.0 Å². The molecule has 1 rings (SSSR count). The van der Waals surface area contributed by atoms with Gasteiger partial charge in [-0.25, -0.2) is 0 Å². The lowest BCUT2D eigenvalue weighted by atomic mass is 10.1. The smallest absolute Gasteiger partial charge is 0.221 e. The van der Waals surface area contributed by atoms with Crippen LogP contribution in [0.5, 0.6) is 0 Å². The second-order valence-corrected chi connectivity index (χ2v) is 5.01. The minimum absolute atomic E-state index is 0.149. The molecule has 0 saturated heterocycles. The van der Waals surface area contributed by atoms with Gasteiger partial charge in [-0.05, 0) is 33.1 Å². The predicted molar refractivity (Wildman–Crippen MR) is 62.7 cm³/mol. The number of hydrogen-bond donors (Lipinski definition) is 2. The lowest BCUT2D eigenvalue weighted by Crippen LogP contribution is -2.34. The summed E-state index contributed by atoms with van der Waals surface area (Å²) in [5.74, 6) is 1.10. The average molecular weight is 212 g/mol. The van der Waals surface area contributed by atoms with Crippen LogP contribution >= 0.6 is 0 Å². The van der Waals surface area contributed by atoms with E-state index in [1.165, 1.54) is 19.3 Å². The quantitative estimate of drug-likeness (QED) is 0.674. The van der Waals surface area contributed by atoms with Crippen molar-refractivity contribution >= 4 is 5.91 Å². The van der Waals surface area contributed by atoms with Crippen molar-refractivity contribution in [2.45, 2.75) is 58.5 Å². The van der Waals surface area contributed by atoms with Crippen molar-refractivity contribution in [3.63, 3.8) is 0 Å². The van der Waals surface area contributed by atoms with Crippen molar-refractivity contribution in [3.05, 3.63) is 0 Å². The Morgan fingerprint density at radius 3 is 2.53 bits per heavy atom. The minimum atomic E-state index is 0.149. The van der Waals surface area contributed by atoms with Gasteiger partial charge in [0.1, 0.15) is 0 Å². The van der Waals surface area contributed by atoms with Crippen molar-refractivity contribution in [3.8, 4) is 0 Å². The third-order valence-corrected chi connectivity index (χ3v) is 2.68. The van der Waals surface area contributed by atoms with Crippen molar-refractivity contribution in [2.24, 2.45) is 5.92 Å². The van der Waals surface area contributed by atoms with Crippen LogP contribution in [0, 0.1) is 5.92 Å². The van der Waals surface area contributed by atoms with Crippen LogP contribution in [-0.4, -0.2) is 24.5 Å². The van der Waals surface area contributed by atoms with Crippen molar-refractivity contribution in [2.75, 3.05) is 6.54 Å². The van der Waals surface area contributed by atoms with Gasteiger partial charge in [0.05, 0.1) is 0 Å². The number of hydrogen-bond acceptors (Lipinski definition) is 2. The summed E-state index contributed by atoms with van der Waals surface area (Å²) >= 11 is 0. The van der Waals surface area contributed by atoms with Gasteiger partial charge in [0.15, 0.2) is 0 Å². The highest BCUT2D eigenvalue weighted by Crippen LogP contribution is 2.33. The van der Waals surface area contributed by atoms with Gasteiger partial charge >= 0.3 is 0 Å². The van der Waals surface area contributed by atoms with Crippen molar-refractivity contribution in [1.29, 1.82) is 0 Å². The fourth-order valence-corrected chi connectivity index (χ4v) is 1.76. The SMILES string of the molecule is CC(C)NC(=O)CCNC(C)CC1CC1. The van der Waals surface area contributed by atoms with Gasteiger partial charge < -0.3 is 10.6 Å². The molecule has 1 saturated carbocycles. The third kappa shape index (κ3) is 6.50. The summed E-state index contributed by atoms with van der Waals surface area (Å²) in [7, 11) is 0. The summed E-state index contributed by atoms with van der Waals surface area (Å²) < 4.78 is 0. The topological polar surface area (TPSA) is 41.1 Å². The molecule has 0 aliphatic heterocycles. The normalized spacial score (nSPS) is 17.9. The standard InChI is InChI=1S/C12H24N2O/c1-9(2)14-12(15)6-7-13-10(3)8-11-4-5-11/h9-11,13H,4-8H2,1-3H3,(H,14,15). The summed E-state index contributed by atoms with van der Waals surface area (Å²) in [6.07, 6.45) is 4.67. The highest BCUT2D eigenvalue weighted by Gasteiger charge is 2.23. The van der Waals surface area contributed by atoms with Gasteiger partial charge in [-0.15, -0.1) is 0 Å². The predicted octanol–water partition coefficient (Wildman–Crippen LogP) is 1.68. The first kappa shape index (κ1) is 12.5. The summed E-state index contributed by atoms with van der Waals surface area (Å²) in [4.78, 5) is 11.3. The van der Waals surface area contributed by atoms with Gasteiger partial charge in [-0.1, -0.05) is 12.8 Å². The summed E-state index contributed by atoms with van der Waals surface area (Å²) in [5.41, 5.74) is 0. The Morgan fingerprint density at radius 1 is 1.33 bits per heavy atom. The Hall–Kier alpha value is -0.570. The van der Waals surface area contributed by atoms with E-state index in [1.807, 2.05) is 13.8 Å². The molecule has 0 aromatic heterocycles. The highest BCUT2D eigenvalue weighted by atomic mass is 16.1. The van der Waals surface area contributed by atoms with Crippen LogP contribution in [0.3, 0.4) is 0 Å². The maximum atomic E-state index is 11.3. The van der Waals surface area contributed by atoms with Crippen LogP contribution in [0.15, 0.2) is 0 Å². The van der Waals surface area contributed by atoms with Crippen LogP contribution in [0.4, 0.5) is 0 Å². The van der Waals surface area contributed by atoms with Crippen LogP contribution in [0.25, 0.3) is 0 Å². The molecule has 3 nitrogen and oxygen atoms in total. The molecule has 0 aromatic rings. The molecule has 0 spiro atoms. The molecule has 3 heteroatoms. The Morgan fingerprint density at radius 2 is 2.00 bits per heavy atom. The molecular formula is C12H24N2O. The van der Waals surface area contributed by atoms with E-state index >= 15 is 0 Å². The fraction of sp³-hybridized carbons (Fsp3) is 0.917.